The Morgan fingerprint density at radius 1 is 1.00 bits per heavy atom. The summed E-state index contributed by atoms with van der Waals surface area (Å²) in [6, 6.07) is 13.3. The number of rotatable bonds is 6. The Morgan fingerprint density at radius 3 is 2.37 bits per heavy atom. The Balaban J connectivity index is 1.48. The molecule has 4 N–H and O–H groups in total. The summed E-state index contributed by atoms with van der Waals surface area (Å²) in [4.78, 5) is 36.4. The number of hydrazine groups is 1. The molecule has 156 valence electrons. The Kier molecular flexibility index (Phi) is 6.97. The van der Waals surface area contributed by atoms with E-state index in [4.69, 9.17) is 17.0 Å². The molecule has 0 spiro atoms. The van der Waals surface area contributed by atoms with E-state index in [0.29, 0.717) is 29.2 Å². The number of nitrogens with one attached hydrogen (secondary N) is 4. The highest BCUT2D eigenvalue weighted by molar-refractivity contribution is 7.80. The molecule has 0 aliphatic heterocycles. The van der Waals surface area contributed by atoms with Crippen LogP contribution in [-0.4, -0.2) is 29.4 Å². The molecule has 30 heavy (non-hydrogen) atoms. The number of carbonyl (C=O) groups excluding carboxylic acids is 3. The van der Waals surface area contributed by atoms with E-state index in [1.165, 1.54) is 0 Å². The first-order valence-corrected chi connectivity index (χ1v) is 9.93. The standard InChI is InChI=1S/C21H22N4O4S/c1-2-29-17-6-4-3-5-16(17)20(28)23-21(30)25-24-19(27)14-9-11-15(12-10-14)22-18(26)13-7-8-13/h3-6,9-13H,2,7-8H2,1H3,(H,22,26)(H,24,27)(H2,23,25,28,30). The molecule has 0 bridgehead atoms. The van der Waals surface area contributed by atoms with Gasteiger partial charge in [-0.2, -0.15) is 0 Å². The normalized spacial score (nSPS) is 12.4. The predicted molar refractivity (Wildman–Crippen MR) is 116 cm³/mol. The van der Waals surface area contributed by atoms with Crippen LogP contribution in [0.25, 0.3) is 0 Å². The smallest absolute Gasteiger partial charge is 0.269 e. The van der Waals surface area contributed by atoms with E-state index >= 15 is 0 Å². The van der Waals surface area contributed by atoms with E-state index < -0.39 is 11.8 Å². The molecule has 1 aliphatic carbocycles. The van der Waals surface area contributed by atoms with Crippen LogP contribution < -0.4 is 26.2 Å². The molecule has 3 rings (SSSR count). The first-order valence-electron chi connectivity index (χ1n) is 9.52. The van der Waals surface area contributed by atoms with Crippen molar-refractivity contribution in [2.45, 2.75) is 19.8 Å². The average molecular weight is 426 g/mol. The van der Waals surface area contributed by atoms with Gasteiger partial charge in [-0.3, -0.25) is 30.6 Å². The van der Waals surface area contributed by atoms with E-state index in [0.717, 1.165) is 12.8 Å². The lowest BCUT2D eigenvalue weighted by atomic mass is 10.2. The zero-order chi connectivity index (χ0) is 21.5. The van der Waals surface area contributed by atoms with Crippen LogP contribution in [0.15, 0.2) is 48.5 Å². The summed E-state index contributed by atoms with van der Waals surface area (Å²) >= 11 is 5.06. The van der Waals surface area contributed by atoms with E-state index in [1.807, 2.05) is 6.92 Å². The van der Waals surface area contributed by atoms with Crippen LogP contribution >= 0.6 is 12.2 Å². The number of carbonyl (C=O) groups is 3. The largest absolute Gasteiger partial charge is 0.493 e. The SMILES string of the molecule is CCOc1ccccc1C(=O)NC(=S)NNC(=O)c1ccc(NC(=O)C2CC2)cc1. The highest BCUT2D eigenvalue weighted by Gasteiger charge is 2.29. The van der Waals surface area contributed by atoms with Crippen LogP contribution in [0.4, 0.5) is 5.69 Å². The molecule has 1 aliphatic rings. The quantitative estimate of drug-likeness (QED) is 0.417. The van der Waals surface area contributed by atoms with Gasteiger partial charge in [0.25, 0.3) is 11.8 Å². The van der Waals surface area contributed by atoms with Crippen molar-refractivity contribution in [3.8, 4) is 5.75 Å². The second-order valence-corrected chi connectivity index (χ2v) is 7.04. The topological polar surface area (TPSA) is 109 Å². The molecule has 0 unspecified atom stereocenters. The molecule has 9 heteroatoms. The lowest BCUT2D eigenvalue weighted by Gasteiger charge is -2.13. The molecule has 3 amide bonds. The summed E-state index contributed by atoms with van der Waals surface area (Å²) in [6.07, 6.45) is 1.84. The molecule has 2 aromatic carbocycles. The third-order valence-corrected chi connectivity index (χ3v) is 4.52. The maximum absolute atomic E-state index is 12.4. The maximum Gasteiger partial charge on any atom is 0.269 e. The van der Waals surface area contributed by atoms with Crippen LogP contribution in [0.1, 0.15) is 40.5 Å². The second kappa shape index (κ2) is 9.84. The minimum atomic E-state index is -0.457. The Hall–Kier alpha value is -3.46. The summed E-state index contributed by atoms with van der Waals surface area (Å²) < 4.78 is 5.43. The van der Waals surface area contributed by atoms with Crippen molar-refractivity contribution in [1.29, 1.82) is 0 Å². The van der Waals surface area contributed by atoms with Crippen molar-refractivity contribution in [2.75, 3.05) is 11.9 Å². The molecule has 8 nitrogen and oxygen atoms in total. The molecule has 0 heterocycles. The van der Waals surface area contributed by atoms with Gasteiger partial charge < -0.3 is 10.1 Å². The Labute approximate surface area is 179 Å². The lowest BCUT2D eigenvalue weighted by molar-refractivity contribution is -0.117. The number of ether oxygens (including phenoxy) is 1. The number of para-hydroxylation sites is 1. The summed E-state index contributed by atoms with van der Waals surface area (Å²) in [5.74, 6) is -0.351. The minimum absolute atomic E-state index is 0.000804. The van der Waals surface area contributed by atoms with Gasteiger partial charge in [-0.25, -0.2) is 0 Å². The van der Waals surface area contributed by atoms with Gasteiger partial charge in [0.2, 0.25) is 5.91 Å². The molecule has 0 aromatic heterocycles. The van der Waals surface area contributed by atoms with Crippen LogP contribution in [0.3, 0.4) is 0 Å². The Morgan fingerprint density at radius 2 is 1.70 bits per heavy atom. The number of amides is 3. The second-order valence-electron chi connectivity index (χ2n) is 6.63. The highest BCUT2D eigenvalue weighted by atomic mass is 32.1. The first-order chi connectivity index (χ1) is 14.5. The van der Waals surface area contributed by atoms with Crippen LogP contribution in [-0.2, 0) is 4.79 Å². The summed E-state index contributed by atoms with van der Waals surface area (Å²) in [6.45, 7) is 2.25. The molecule has 0 atom stereocenters. The lowest BCUT2D eigenvalue weighted by Crippen LogP contribution is -2.48. The Bertz CT molecular complexity index is 958. The van der Waals surface area contributed by atoms with Crippen LogP contribution in [0.5, 0.6) is 5.75 Å². The summed E-state index contributed by atoms with van der Waals surface area (Å²) in [5, 5.41) is 5.23. The molecular formula is C21H22N4O4S. The highest BCUT2D eigenvalue weighted by Crippen LogP contribution is 2.30. The molecule has 1 fully saturated rings. The molecule has 2 aromatic rings. The third-order valence-electron chi connectivity index (χ3n) is 4.31. The minimum Gasteiger partial charge on any atom is -0.493 e. The predicted octanol–water partition coefficient (Wildman–Crippen LogP) is 2.38. The fourth-order valence-electron chi connectivity index (χ4n) is 2.62. The zero-order valence-corrected chi connectivity index (χ0v) is 17.2. The van der Waals surface area contributed by atoms with Crippen molar-refractivity contribution in [1.82, 2.24) is 16.2 Å². The van der Waals surface area contributed by atoms with Gasteiger partial charge in [-0.05, 0) is 68.4 Å². The van der Waals surface area contributed by atoms with Gasteiger partial charge in [0.15, 0.2) is 5.11 Å². The fourth-order valence-corrected chi connectivity index (χ4v) is 2.76. The number of hydrogen-bond acceptors (Lipinski definition) is 5. The van der Waals surface area contributed by atoms with Gasteiger partial charge in [0, 0.05) is 17.2 Å². The first kappa shape index (κ1) is 21.3. The molecule has 1 saturated carbocycles. The molecule has 0 saturated heterocycles. The van der Waals surface area contributed by atoms with Gasteiger partial charge >= 0.3 is 0 Å². The average Bonchev–Trinajstić information content (AvgIpc) is 3.59. The van der Waals surface area contributed by atoms with E-state index in [1.54, 1.807) is 48.5 Å². The van der Waals surface area contributed by atoms with Crippen LogP contribution in [0, 0.1) is 5.92 Å². The van der Waals surface area contributed by atoms with Gasteiger partial charge in [0.1, 0.15) is 5.75 Å². The fraction of sp³-hybridized carbons (Fsp3) is 0.238. The van der Waals surface area contributed by atoms with Gasteiger partial charge in [-0.15, -0.1) is 0 Å². The summed E-state index contributed by atoms with van der Waals surface area (Å²) in [5.41, 5.74) is 6.24. The molecular weight excluding hydrogens is 404 g/mol. The summed E-state index contributed by atoms with van der Waals surface area (Å²) in [7, 11) is 0. The van der Waals surface area contributed by atoms with E-state index in [-0.39, 0.29) is 16.9 Å². The van der Waals surface area contributed by atoms with Crippen molar-refractivity contribution < 1.29 is 19.1 Å². The monoisotopic (exact) mass is 426 g/mol. The number of benzene rings is 2. The van der Waals surface area contributed by atoms with Crippen LogP contribution in [0.2, 0.25) is 0 Å². The zero-order valence-electron chi connectivity index (χ0n) is 16.4. The van der Waals surface area contributed by atoms with E-state index in [9.17, 15) is 14.4 Å². The van der Waals surface area contributed by atoms with Gasteiger partial charge in [-0.1, -0.05) is 12.1 Å². The third kappa shape index (κ3) is 5.77. The maximum atomic E-state index is 12.4. The number of anilines is 1. The van der Waals surface area contributed by atoms with Crippen molar-refractivity contribution >= 4 is 40.7 Å². The van der Waals surface area contributed by atoms with Crippen molar-refractivity contribution in [2.24, 2.45) is 5.92 Å². The molecule has 0 radical (unpaired) electrons. The number of thiocarbonyl (C=S) groups is 1. The van der Waals surface area contributed by atoms with E-state index in [2.05, 4.69) is 21.5 Å². The number of hydrogen-bond donors (Lipinski definition) is 4. The van der Waals surface area contributed by atoms with Gasteiger partial charge in [0.05, 0.1) is 12.2 Å². The van der Waals surface area contributed by atoms with Crippen molar-refractivity contribution in [3.63, 3.8) is 0 Å². The van der Waals surface area contributed by atoms with Crippen molar-refractivity contribution in [3.05, 3.63) is 59.7 Å².